The first-order valence-corrected chi connectivity index (χ1v) is 10.4. The minimum atomic E-state index is -0.0699. The van der Waals surface area contributed by atoms with E-state index in [0.717, 1.165) is 56.8 Å². The highest BCUT2D eigenvalue weighted by Crippen LogP contribution is 2.54. The molecule has 1 spiro atoms. The lowest BCUT2D eigenvalue weighted by molar-refractivity contribution is 0.00166. The number of likely N-dealkylation sites (tertiary alicyclic amines) is 1. The maximum atomic E-state index is 12.3. The standard InChI is InChI=1S/C22H28N2O4/c1-2-3-16-4-5-17(27-16)11-24-12-19-18(20-6-8-22(19,14-24)28-20)10-23-21(25)15-7-9-26-13-15/h4-5,7,9,13,18-20H,2-3,6,8,10-12,14H2,1H3,(H,23,25)/t18-,19+,20+,22+/m0/s1. The molecule has 2 aromatic heterocycles. The average molecular weight is 384 g/mol. The molecule has 150 valence electrons. The first-order valence-electron chi connectivity index (χ1n) is 10.4. The van der Waals surface area contributed by atoms with Gasteiger partial charge >= 0.3 is 0 Å². The molecule has 5 rings (SSSR count). The Bertz CT molecular complexity index is 829. The third kappa shape index (κ3) is 3.08. The van der Waals surface area contributed by atoms with Crippen LogP contribution in [0.1, 0.15) is 48.1 Å². The van der Waals surface area contributed by atoms with E-state index >= 15 is 0 Å². The van der Waals surface area contributed by atoms with Gasteiger partial charge in [0.15, 0.2) is 0 Å². The highest BCUT2D eigenvalue weighted by Gasteiger charge is 2.62. The van der Waals surface area contributed by atoms with Crippen molar-refractivity contribution in [2.24, 2.45) is 11.8 Å². The van der Waals surface area contributed by atoms with Crippen molar-refractivity contribution in [3.63, 3.8) is 0 Å². The maximum Gasteiger partial charge on any atom is 0.254 e. The maximum absolute atomic E-state index is 12.3. The monoisotopic (exact) mass is 384 g/mol. The van der Waals surface area contributed by atoms with Crippen LogP contribution in [0.2, 0.25) is 0 Å². The summed E-state index contributed by atoms with van der Waals surface area (Å²) >= 11 is 0. The van der Waals surface area contributed by atoms with Crippen molar-refractivity contribution in [1.29, 1.82) is 0 Å². The predicted molar refractivity (Wildman–Crippen MR) is 103 cm³/mol. The molecule has 0 unspecified atom stereocenters. The quantitative estimate of drug-likeness (QED) is 0.794. The number of amides is 1. The predicted octanol–water partition coefficient (Wildman–Crippen LogP) is 3.23. The average Bonchev–Trinajstić information content (AvgIpc) is 3.47. The van der Waals surface area contributed by atoms with Gasteiger partial charge in [0.2, 0.25) is 0 Å². The Balaban J connectivity index is 1.22. The number of fused-ring (bicyclic) bond motifs is 1. The van der Waals surface area contributed by atoms with Gasteiger partial charge in [0, 0.05) is 37.9 Å². The van der Waals surface area contributed by atoms with Crippen LogP contribution in [0.15, 0.2) is 39.6 Å². The number of nitrogens with zero attached hydrogens (tertiary/aromatic N) is 1. The zero-order valence-electron chi connectivity index (χ0n) is 16.4. The Labute approximate surface area is 165 Å². The first kappa shape index (κ1) is 18.0. The van der Waals surface area contributed by atoms with Gasteiger partial charge in [-0.1, -0.05) is 6.92 Å². The van der Waals surface area contributed by atoms with Gasteiger partial charge in [0.1, 0.15) is 17.8 Å². The molecule has 6 nitrogen and oxygen atoms in total. The van der Waals surface area contributed by atoms with Crippen LogP contribution < -0.4 is 5.32 Å². The summed E-state index contributed by atoms with van der Waals surface area (Å²) in [4.78, 5) is 14.7. The second-order valence-corrected chi connectivity index (χ2v) is 8.54. The van der Waals surface area contributed by atoms with Crippen molar-refractivity contribution in [3.8, 4) is 0 Å². The Kier molecular flexibility index (Phi) is 4.56. The van der Waals surface area contributed by atoms with Gasteiger partial charge < -0.3 is 18.9 Å². The number of furan rings is 2. The molecular weight excluding hydrogens is 356 g/mol. The van der Waals surface area contributed by atoms with Gasteiger partial charge in [-0.05, 0) is 37.5 Å². The topological polar surface area (TPSA) is 67.9 Å². The molecule has 0 saturated carbocycles. The van der Waals surface area contributed by atoms with Crippen molar-refractivity contribution < 1.29 is 18.4 Å². The molecule has 3 aliphatic rings. The Hall–Kier alpha value is -2.05. The fourth-order valence-corrected chi connectivity index (χ4v) is 5.49. The molecule has 3 aliphatic heterocycles. The van der Waals surface area contributed by atoms with Crippen molar-refractivity contribution >= 4 is 5.91 Å². The third-order valence-corrected chi connectivity index (χ3v) is 6.73. The van der Waals surface area contributed by atoms with E-state index in [0.29, 0.717) is 23.9 Å². The lowest BCUT2D eigenvalue weighted by atomic mass is 9.73. The van der Waals surface area contributed by atoms with Crippen molar-refractivity contribution in [3.05, 3.63) is 47.8 Å². The zero-order chi connectivity index (χ0) is 19.1. The van der Waals surface area contributed by atoms with Crippen LogP contribution in [0.4, 0.5) is 0 Å². The minimum Gasteiger partial charge on any atom is -0.472 e. The van der Waals surface area contributed by atoms with Crippen LogP contribution in [0.5, 0.6) is 0 Å². The van der Waals surface area contributed by atoms with Gasteiger partial charge in [-0.15, -0.1) is 0 Å². The number of aryl methyl sites for hydroxylation is 1. The Morgan fingerprint density at radius 1 is 1.32 bits per heavy atom. The van der Waals surface area contributed by atoms with Crippen molar-refractivity contribution in [2.45, 2.75) is 50.9 Å². The highest BCUT2D eigenvalue weighted by molar-refractivity contribution is 5.93. The summed E-state index contributed by atoms with van der Waals surface area (Å²) in [6, 6.07) is 5.91. The molecule has 0 aromatic carbocycles. The number of rotatable bonds is 7. The van der Waals surface area contributed by atoms with Gasteiger partial charge in [0.05, 0.1) is 30.1 Å². The molecular formula is C22H28N2O4. The normalized spacial score (nSPS) is 31.4. The number of hydrogen-bond donors (Lipinski definition) is 1. The summed E-state index contributed by atoms with van der Waals surface area (Å²) in [6.45, 7) is 5.64. The van der Waals surface area contributed by atoms with Gasteiger partial charge in [-0.2, -0.15) is 0 Å². The lowest BCUT2D eigenvalue weighted by Gasteiger charge is -2.29. The van der Waals surface area contributed by atoms with E-state index < -0.39 is 0 Å². The summed E-state index contributed by atoms with van der Waals surface area (Å²) < 4.78 is 17.5. The number of ether oxygens (including phenoxy) is 1. The summed E-state index contributed by atoms with van der Waals surface area (Å²) in [6.07, 6.45) is 7.61. The van der Waals surface area contributed by atoms with Crippen LogP contribution >= 0.6 is 0 Å². The third-order valence-electron chi connectivity index (χ3n) is 6.73. The fourth-order valence-electron chi connectivity index (χ4n) is 5.49. The molecule has 1 amide bonds. The van der Waals surface area contributed by atoms with E-state index in [1.54, 1.807) is 6.07 Å². The largest absolute Gasteiger partial charge is 0.472 e. The molecule has 4 atom stereocenters. The van der Waals surface area contributed by atoms with E-state index in [4.69, 9.17) is 13.6 Å². The molecule has 1 N–H and O–H groups in total. The summed E-state index contributed by atoms with van der Waals surface area (Å²) in [5.74, 6) is 2.90. The molecule has 2 aromatic rings. The van der Waals surface area contributed by atoms with E-state index in [1.807, 2.05) is 0 Å². The van der Waals surface area contributed by atoms with Crippen molar-refractivity contribution in [2.75, 3.05) is 19.6 Å². The van der Waals surface area contributed by atoms with E-state index in [9.17, 15) is 4.79 Å². The van der Waals surface area contributed by atoms with Crippen LogP contribution in [-0.2, 0) is 17.7 Å². The number of carbonyl (C=O) groups is 1. The van der Waals surface area contributed by atoms with E-state index in [2.05, 4.69) is 29.3 Å². The van der Waals surface area contributed by atoms with Gasteiger partial charge in [-0.25, -0.2) is 0 Å². The molecule has 5 heterocycles. The molecule has 28 heavy (non-hydrogen) atoms. The fraction of sp³-hybridized carbons (Fsp3) is 0.591. The first-order chi connectivity index (χ1) is 13.7. The minimum absolute atomic E-state index is 0.0332. The molecule has 0 radical (unpaired) electrons. The van der Waals surface area contributed by atoms with Crippen LogP contribution in [0.25, 0.3) is 0 Å². The molecule has 3 saturated heterocycles. The summed E-state index contributed by atoms with van der Waals surface area (Å²) in [7, 11) is 0. The Morgan fingerprint density at radius 3 is 3.04 bits per heavy atom. The Morgan fingerprint density at radius 2 is 2.21 bits per heavy atom. The zero-order valence-corrected chi connectivity index (χ0v) is 16.4. The van der Waals surface area contributed by atoms with Crippen LogP contribution in [-0.4, -0.2) is 42.1 Å². The number of carbonyl (C=O) groups excluding carboxylic acids is 1. The highest BCUT2D eigenvalue weighted by atomic mass is 16.5. The van der Waals surface area contributed by atoms with Crippen LogP contribution in [0.3, 0.4) is 0 Å². The summed E-state index contributed by atoms with van der Waals surface area (Å²) in [5, 5.41) is 3.09. The molecule has 0 aliphatic carbocycles. The smallest absolute Gasteiger partial charge is 0.254 e. The second-order valence-electron chi connectivity index (χ2n) is 8.54. The van der Waals surface area contributed by atoms with E-state index in [-0.39, 0.29) is 17.6 Å². The summed E-state index contributed by atoms with van der Waals surface area (Å²) in [5.41, 5.74) is 0.543. The molecule has 3 fully saturated rings. The van der Waals surface area contributed by atoms with Gasteiger partial charge in [-0.3, -0.25) is 9.69 Å². The second kappa shape index (κ2) is 7.08. The molecule has 2 bridgehead atoms. The van der Waals surface area contributed by atoms with Crippen molar-refractivity contribution in [1.82, 2.24) is 10.2 Å². The van der Waals surface area contributed by atoms with Gasteiger partial charge in [0.25, 0.3) is 5.91 Å². The number of nitrogens with one attached hydrogen (secondary N) is 1. The molecule has 6 heteroatoms. The number of hydrogen-bond acceptors (Lipinski definition) is 5. The van der Waals surface area contributed by atoms with E-state index in [1.165, 1.54) is 12.5 Å². The van der Waals surface area contributed by atoms with Crippen LogP contribution in [0, 0.1) is 11.8 Å². The SMILES string of the molecule is CCCc1ccc(CN2C[C@@H]3[C@H](CNC(=O)c4ccoc4)[C@H]4CC[C@]3(C2)O4)o1. The lowest BCUT2D eigenvalue weighted by Crippen LogP contribution is -2.41.